The molecule has 0 aliphatic carbocycles. The van der Waals surface area contributed by atoms with Crippen molar-refractivity contribution >= 4 is 17.6 Å². The van der Waals surface area contributed by atoms with Crippen LogP contribution in [0.25, 0.3) is 0 Å². The lowest BCUT2D eigenvalue weighted by atomic mass is 10.2. The Morgan fingerprint density at radius 1 is 0.963 bits per heavy atom. The molecule has 0 unspecified atom stereocenters. The molecule has 2 rings (SSSR count). The lowest BCUT2D eigenvalue weighted by Crippen LogP contribution is -2.29. The van der Waals surface area contributed by atoms with Gasteiger partial charge in [-0.25, -0.2) is 4.79 Å². The van der Waals surface area contributed by atoms with E-state index in [0.29, 0.717) is 17.0 Å². The van der Waals surface area contributed by atoms with Crippen LogP contribution in [-0.4, -0.2) is 31.2 Å². The lowest BCUT2D eigenvalue weighted by molar-refractivity contribution is -0.155. The van der Waals surface area contributed by atoms with Crippen molar-refractivity contribution in [3.8, 4) is 11.5 Å². The number of hydrogen-bond acceptors (Lipinski definition) is 5. The number of anilines is 1. The van der Waals surface area contributed by atoms with Crippen LogP contribution in [0.4, 0.5) is 5.69 Å². The molecular formula is C21H25NO5. The minimum atomic E-state index is -0.724. The van der Waals surface area contributed by atoms with Gasteiger partial charge < -0.3 is 19.5 Å². The van der Waals surface area contributed by atoms with Crippen LogP contribution in [0, 0.1) is 0 Å². The van der Waals surface area contributed by atoms with Gasteiger partial charge in [0.05, 0.1) is 13.2 Å². The minimum Gasteiger partial charge on any atom is -0.497 e. The zero-order valence-corrected chi connectivity index (χ0v) is 16.0. The molecule has 2 atom stereocenters. The number of methoxy groups -OCH3 is 1. The van der Waals surface area contributed by atoms with E-state index in [9.17, 15) is 9.59 Å². The van der Waals surface area contributed by atoms with Gasteiger partial charge in [0.15, 0.2) is 6.10 Å². The Morgan fingerprint density at radius 3 is 2.11 bits per heavy atom. The zero-order valence-electron chi connectivity index (χ0n) is 16.0. The highest BCUT2D eigenvalue weighted by molar-refractivity contribution is 6.04. The highest BCUT2D eigenvalue weighted by Gasteiger charge is 2.18. The van der Waals surface area contributed by atoms with E-state index >= 15 is 0 Å². The number of esters is 1. The van der Waals surface area contributed by atoms with Gasteiger partial charge in [-0.2, -0.15) is 0 Å². The van der Waals surface area contributed by atoms with E-state index in [-0.39, 0.29) is 12.0 Å². The summed E-state index contributed by atoms with van der Waals surface area (Å²) in [5.41, 5.74) is 1.15. The quantitative estimate of drug-likeness (QED) is 0.709. The van der Waals surface area contributed by atoms with Crippen molar-refractivity contribution < 1.29 is 23.8 Å². The van der Waals surface area contributed by atoms with E-state index in [2.05, 4.69) is 5.32 Å². The predicted octanol–water partition coefficient (Wildman–Crippen LogP) is 4.06. The molecule has 0 aliphatic rings. The van der Waals surface area contributed by atoms with Crippen LogP contribution in [0.5, 0.6) is 11.5 Å². The van der Waals surface area contributed by atoms with Crippen molar-refractivity contribution in [3.05, 3.63) is 54.1 Å². The number of nitrogens with one attached hydrogen (secondary N) is 1. The van der Waals surface area contributed by atoms with Gasteiger partial charge in [-0.1, -0.05) is 6.92 Å². The second-order valence-corrected chi connectivity index (χ2v) is 6.12. The summed E-state index contributed by atoms with van der Waals surface area (Å²) in [4.78, 5) is 24.2. The van der Waals surface area contributed by atoms with E-state index in [1.807, 2.05) is 13.8 Å². The third-order valence-electron chi connectivity index (χ3n) is 4.00. The fourth-order valence-corrected chi connectivity index (χ4v) is 2.19. The summed E-state index contributed by atoms with van der Waals surface area (Å²) in [6.07, 6.45) is -0.123. The molecule has 6 nitrogen and oxygen atoms in total. The SMILES string of the molecule is CC[C@@H](C)OC(=O)[C@@H](C)Oc1ccc(C(=O)Nc2ccc(OC)cc2)cc1. The largest absolute Gasteiger partial charge is 0.497 e. The van der Waals surface area contributed by atoms with Crippen LogP contribution >= 0.6 is 0 Å². The zero-order chi connectivity index (χ0) is 19.8. The molecule has 0 aliphatic heterocycles. The van der Waals surface area contributed by atoms with Crippen LogP contribution in [0.2, 0.25) is 0 Å². The molecule has 0 saturated heterocycles. The van der Waals surface area contributed by atoms with Gasteiger partial charge >= 0.3 is 5.97 Å². The summed E-state index contributed by atoms with van der Waals surface area (Å²) in [6.45, 7) is 5.41. The molecule has 2 aromatic carbocycles. The Labute approximate surface area is 159 Å². The molecule has 0 bridgehead atoms. The topological polar surface area (TPSA) is 73.9 Å². The number of ether oxygens (including phenoxy) is 3. The number of carbonyl (C=O) groups is 2. The Kier molecular flexibility index (Phi) is 7.23. The Morgan fingerprint density at radius 2 is 1.56 bits per heavy atom. The van der Waals surface area contributed by atoms with Crippen molar-refractivity contribution in [2.45, 2.75) is 39.4 Å². The fourth-order valence-electron chi connectivity index (χ4n) is 2.19. The van der Waals surface area contributed by atoms with Crippen molar-refractivity contribution in [1.29, 1.82) is 0 Å². The third kappa shape index (κ3) is 6.02. The van der Waals surface area contributed by atoms with Gasteiger partial charge in [-0.05, 0) is 68.8 Å². The molecule has 27 heavy (non-hydrogen) atoms. The van der Waals surface area contributed by atoms with Crippen molar-refractivity contribution in [1.82, 2.24) is 0 Å². The van der Waals surface area contributed by atoms with E-state index in [4.69, 9.17) is 14.2 Å². The molecular weight excluding hydrogens is 346 g/mol. The number of amides is 1. The Bertz CT molecular complexity index is 755. The summed E-state index contributed by atoms with van der Waals surface area (Å²) >= 11 is 0. The fraction of sp³-hybridized carbons (Fsp3) is 0.333. The van der Waals surface area contributed by atoms with Crippen LogP contribution in [-0.2, 0) is 9.53 Å². The predicted molar refractivity (Wildman–Crippen MR) is 103 cm³/mol. The lowest BCUT2D eigenvalue weighted by Gasteiger charge is -2.17. The number of rotatable bonds is 8. The van der Waals surface area contributed by atoms with Gasteiger partial charge in [0.2, 0.25) is 0 Å². The average Bonchev–Trinajstić information content (AvgIpc) is 2.68. The first kappa shape index (κ1) is 20.3. The second kappa shape index (κ2) is 9.62. The van der Waals surface area contributed by atoms with E-state index in [1.54, 1.807) is 62.6 Å². The summed E-state index contributed by atoms with van der Waals surface area (Å²) in [7, 11) is 1.59. The summed E-state index contributed by atoms with van der Waals surface area (Å²) in [5.74, 6) is 0.557. The molecule has 0 heterocycles. The van der Waals surface area contributed by atoms with Crippen molar-refractivity contribution in [2.75, 3.05) is 12.4 Å². The van der Waals surface area contributed by atoms with E-state index < -0.39 is 12.1 Å². The smallest absolute Gasteiger partial charge is 0.347 e. The maximum Gasteiger partial charge on any atom is 0.347 e. The van der Waals surface area contributed by atoms with E-state index in [1.165, 1.54) is 0 Å². The Hall–Kier alpha value is -3.02. The van der Waals surface area contributed by atoms with Gasteiger partial charge in [-0.3, -0.25) is 4.79 Å². The van der Waals surface area contributed by atoms with E-state index in [0.717, 1.165) is 12.2 Å². The Balaban J connectivity index is 1.93. The average molecular weight is 371 g/mol. The maximum atomic E-state index is 12.3. The standard InChI is InChI=1S/C21H25NO5/c1-5-14(2)26-21(24)15(3)27-19-10-6-16(7-11-19)20(23)22-17-8-12-18(25-4)13-9-17/h6-15H,5H2,1-4H3,(H,22,23)/t14-,15-/m1/s1. The molecule has 144 valence electrons. The first-order valence-corrected chi connectivity index (χ1v) is 8.85. The highest BCUT2D eigenvalue weighted by Crippen LogP contribution is 2.18. The first-order valence-electron chi connectivity index (χ1n) is 8.85. The first-order chi connectivity index (χ1) is 12.9. The maximum absolute atomic E-state index is 12.3. The number of carbonyl (C=O) groups excluding carboxylic acids is 2. The molecule has 0 radical (unpaired) electrons. The monoisotopic (exact) mass is 371 g/mol. The highest BCUT2D eigenvalue weighted by atomic mass is 16.6. The molecule has 0 saturated carbocycles. The van der Waals surface area contributed by atoms with Gasteiger partial charge in [0, 0.05) is 11.3 Å². The summed E-state index contributed by atoms with van der Waals surface area (Å²) in [6, 6.07) is 13.6. The van der Waals surface area contributed by atoms with Gasteiger partial charge in [0.1, 0.15) is 11.5 Å². The van der Waals surface area contributed by atoms with Crippen LogP contribution in [0.15, 0.2) is 48.5 Å². The third-order valence-corrected chi connectivity index (χ3v) is 4.00. The van der Waals surface area contributed by atoms with Crippen LogP contribution in [0.3, 0.4) is 0 Å². The molecule has 0 fully saturated rings. The minimum absolute atomic E-state index is 0.146. The summed E-state index contributed by atoms with van der Waals surface area (Å²) in [5, 5.41) is 2.81. The molecule has 6 heteroatoms. The molecule has 0 aromatic heterocycles. The molecule has 2 aromatic rings. The van der Waals surface area contributed by atoms with Gasteiger partial charge in [-0.15, -0.1) is 0 Å². The normalized spacial score (nSPS) is 12.6. The number of benzene rings is 2. The second-order valence-electron chi connectivity index (χ2n) is 6.12. The molecule has 1 N–H and O–H groups in total. The van der Waals surface area contributed by atoms with Crippen molar-refractivity contribution in [3.63, 3.8) is 0 Å². The van der Waals surface area contributed by atoms with Crippen LogP contribution < -0.4 is 14.8 Å². The molecule has 1 amide bonds. The van der Waals surface area contributed by atoms with Crippen molar-refractivity contribution in [2.24, 2.45) is 0 Å². The number of hydrogen-bond donors (Lipinski definition) is 1. The van der Waals surface area contributed by atoms with Gasteiger partial charge in [0.25, 0.3) is 5.91 Å². The summed E-state index contributed by atoms with van der Waals surface area (Å²) < 4.78 is 15.9. The van der Waals surface area contributed by atoms with Crippen LogP contribution in [0.1, 0.15) is 37.6 Å². The molecule has 0 spiro atoms.